The van der Waals surface area contributed by atoms with Crippen molar-refractivity contribution in [2.75, 3.05) is 5.75 Å². The number of thiophene rings is 1. The molecule has 2 aromatic heterocycles. The van der Waals surface area contributed by atoms with Crippen molar-refractivity contribution in [3.05, 3.63) is 20.8 Å². The molecule has 0 aliphatic heterocycles. The summed E-state index contributed by atoms with van der Waals surface area (Å²) < 4.78 is 1.59. The highest BCUT2D eigenvalue weighted by Gasteiger charge is 2.27. The summed E-state index contributed by atoms with van der Waals surface area (Å²) in [5, 5.41) is 4.51. The molecule has 3 rings (SSSR count). The van der Waals surface area contributed by atoms with Crippen LogP contribution < -0.4 is 10.9 Å². The Morgan fingerprint density at radius 2 is 1.96 bits per heavy atom. The number of amides is 1. The second-order valence-corrected chi connectivity index (χ2v) is 11.3. The quantitative estimate of drug-likeness (QED) is 0.603. The Balaban J connectivity index is 1.73. The molecule has 0 bridgehead atoms. The lowest BCUT2D eigenvalue weighted by atomic mass is 9.82. The maximum absolute atomic E-state index is 12.8. The van der Waals surface area contributed by atoms with E-state index in [2.05, 4.69) is 26.1 Å². The number of hydrogen-bond donors (Lipinski definition) is 1. The van der Waals surface area contributed by atoms with Gasteiger partial charge in [-0.1, -0.05) is 32.5 Å². The van der Waals surface area contributed by atoms with E-state index in [9.17, 15) is 9.59 Å². The molecule has 1 aliphatic carbocycles. The molecule has 2 aromatic rings. The van der Waals surface area contributed by atoms with Crippen LogP contribution in [0.1, 0.15) is 57.9 Å². The molecule has 0 atom stereocenters. The van der Waals surface area contributed by atoms with E-state index in [0.29, 0.717) is 5.16 Å². The Kier molecular flexibility index (Phi) is 5.47. The first-order chi connectivity index (χ1) is 12.5. The third-order valence-corrected chi connectivity index (χ3v) is 6.90. The molecule has 27 heavy (non-hydrogen) atoms. The summed E-state index contributed by atoms with van der Waals surface area (Å²) >= 11 is 2.97. The summed E-state index contributed by atoms with van der Waals surface area (Å²) in [6.07, 6.45) is 4.04. The van der Waals surface area contributed by atoms with Crippen molar-refractivity contribution in [1.29, 1.82) is 0 Å². The van der Waals surface area contributed by atoms with Crippen molar-refractivity contribution in [3.63, 3.8) is 0 Å². The molecule has 1 N–H and O–H groups in total. The van der Waals surface area contributed by atoms with E-state index in [4.69, 9.17) is 4.98 Å². The highest BCUT2D eigenvalue weighted by atomic mass is 32.2. The first kappa shape index (κ1) is 20.4. The third kappa shape index (κ3) is 4.57. The topological polar surface area (TPSA) is 64.0 Å². The minimum atomic E-state index is -0.270. The van der Waals surface area contributed by atoms with Crippen LogP contribution in [0.3, 0.4) is 0 Å². The summed E-state index contributed by atoms with van der Waals surface area (Å²) in [5.74, 6) is 0.224. The first-order valence-corrected chi connectivity index (χ1v) is 11.2. The lowest BCUT2D eigenvalue weighted by Crippen LogP contribution is -2.46. The fourth-order valence-electron chi connectivity index (χ4n) is 4.15. The van der Waals surface area contributed by atoms with Gasteiger partial charge in [-0.15, -0.1) is 11.3 Å². The molecule has 0 radical (unpaired) electrons. The van der Waals surface area contributed by atoms with Crippen molar-refractivity contribution >= 4 is 39.2 Å². The van der Waals surface area contributed by atoms with Gasteiger partial charge in [0.2, 0.25) is 5.91 Å². The van der Waals surface area contributed by atoms with Crippen molar-refractivity contribution in [3.8, 4) is 0 Å². The number of aromatic nitrogens is 2. The van der Waals surface area contributed by atoms with Crippen LogP contribution in [0.15, 0.2) is 9.95 Å². The van der Waals surface area contributed by atoms with E-state index in [-0.39, 0.29) is 28.2 Å². The average molecular weight is 408 g/mol. The second kappa shape index (κ2) is 7.24. The van der Waals surface area contributed by atoms with Gasteiger partial charge < -0.3 is 5.32 Å². The second-order valence-electron chi connectivity index (χ2n) is 9.25. The number of nitrogens with zero attached hydrogens (tertiary/aromatic N) is 2. The number of nitrogens with one attached hydrogen (secondary N) is 1. The lowest BCUT2D eigenvalue weighted by molar-refractivity contribution is -0.120. The molecule has 0 saturated carbocycles. The van der Waals surface area contributed by atoms with Gasteiger partial charge in [-0.05, 0) is 50.5 Å². The minimum Gasteiger partial charge on any atom is -0.350 e. The maximum atomic E-state index is 12.8. The van der Waals surface area contributed by atoms with Crippen LogP contribution in [-0.2, 0) is 24.7 Å². The lowest BCUT2D eigenvalue weighted by Gasteiger charge is -2.33. The normalized spacial score (nSPS) is 14.6. The monoisotopic (exact) mass is 407 g/mol. The fourth-order valence-corrected chi connectivity index (χ4v) is 6.22. The molecule has 0 spiro atoms. The van der Waals surface area contributed by atoms with Crippen LogP contribution in [0.4, 0.5) is 0 Å². The smallest absolute Gasteiger partial charge is 0.262 e. The summed E-state index contributed by atoms with van der Waals surface area (Å²) in [6, 6.07) is 0. The molecule has 0 aromatic carbocycles. The van der Waals surface area contributed by atoms with Gasteiger partial charge in [0, 0.05) is 17.5 Å². The van der Waals surface area contributed by atoms with Crippen LogP contribution in [0.2, 0.25) is 0 Å². The van der Waals surface area contributed by atoms with Crippen LogP contribution in [-0.4, -0.2) is 26.8 Å². The zero-order valence-electron chi connectivity index (χ0n) is 17.1. The van der Waals surface area contributed by atoms with Gasteiger partial charge in [0.25, 0.3) is 5.56 Å². The SMILES string of the molecule is Cn1c(SCC(=O)NC(C)(C)CC(C)(C)C)nc2sc3c(c2c1=O)CCC3. The van der Waals surface area contributed by atoms with E-state index >= 15 is 0 Å². The van der Waals surface area contributed by atoms with Crippen molar-refractivity contribution in [2.45, 2.75) is 71.0 Å². The largest absolute Gasteiger partial charge is 0.350 e. The van der Waals surface area contributed by atoms with E-state index in [1.54, 1.807) is 23.0 Å². The number of hydrogen-bond acceptors (Lipinski definition) is 5. The summed E-state index contributed by atoms with van der Waals surface area (Å²) in [6.45, 7) is 10.6. The Morgan fingerprint density at radius 3 is 2.63 bits per heavy atom. The Hall–Kier alpha value is -1.34. The van der Waals surface area contributed by atoms with Crippen LogP contribution in [0, 0.1) is 5.41 Å². The number of carbonyl (C=O) groups is 1. The summed E-state index contributed by atoms with van der Waals surface area (Å²) in [4.78, 5) is 32.1. The average Bonchev–Trinajstić information content (AvgIpc) is 3.06. The molecule has 7 heteroatoms. The standard InChI is InChI=1S/C20H29N3O2S2/c1-19(2,3)11-20(4,5)22-14(24)10-26-18-21-16-15(17(25)23(18)6)12-8-7-9-13(12)27-16/h7-11H2,1-6H3,(H,22,24). The number of aryl methyl sites for hydroxylation is 2. The van der Waals surface area contributed by atoms with Gasteiger partial charge in [0.1, 0.15) is 4.83 Å². The number of rotatable bonds is 5. The molecule has 0 saturated heterocycles. The zero-order valence-corrected chi connectivity index (χ0v) is 18.7. The summed E-state index contributed by atoms with van der Waals surface area (Å²) in [5.41, 5.74) is 1.07. The van der Waals surface area contributed by atoms with Gasteiger partial charge in [0.15, 0.2) is 5.16 Å². The van der Waals surface area contributed by atoms with E-state index in [0.717, 1.165) is 35.9 Å². The number of thioether (sulfide) groups is 1. The van der Waals surface area contributed by atoms with E-state index in [1.165, 1.54) is 22.2 Å². The zero-order chi connectivity index (χ0) is 20.0. The molecular weight excluding hydrogens is 378 g/mol. The van der Waals surface area contributed by atoms with Crippen LogP contribution in [0.5, 0.6) is 0 Å². The van der Waals surface area contributed by atoms with Gasteiger partial charge in [-0.25, -0.2) is 4.98 Å². The fraction of sp³-hybridized carbons (Fsp3) is 0.650. The molecule has 0 fully saturated rings. The van der Waals surface area contributed by atoms with Crippen LogP contribution >= 0.6 is 23.1 Å². The molecular formula is C20H29N3O2S2. The number of carbonyl (C=O) groups excluding carboxylic acids is 1. The molecule has 1 amide bonds. The van der Waals surface area contributed by atoms with Crippen molar-refractivity contribution in [2.24, 2.45) is 12.5 Å². The third-order valence-electron chi connectivity index (χ3n) is 4.69. The van der Waals surface area contributed by atoms with Gasteiger partial charge in [0.05, 0.1) is 11.1 Å². The molecule has 1 aliphatic rings. The Labute approximate surface area is 169 Å². The van der Waals surface area contributed by atoms with Crippen molar-refractivity contribution in [1.82, 2.24) is 14.9 Å². The minimum absolute atomic E-state index is 0.00960. The predicted molar refractivity (Wildman–Crippen MR) is 114 cm³/mol. The first-order valence-electron chi connectivity index (χ1n) is 9.42. The van der Waals surface area contributed by atoms with Gasteiger partial charge in [-0.2, -0.15) is 0 Å². The summed E-state index contributed by atoms with van der Waals surface area (Å²) in [7, 11) is 1.75. The van der Waals surface area contributed by atoms with Crippen LogP contribution in [0.25, 0.3) is 10.2 Å². The highest BCUT2D eigenvalue weighted by Crippen LogP contribution is 2.35. The van der Waals surface area contributed by atoms with Crippen molar-refractivity contribution < 1.29 is 4.79 Å². The molecule has 0 unspecified atom stereocenters. The van der Waals surface area contributed by atoms with Gasteiger partial charge >= 0.3 is 0 Å². The number of fused-ring (bicyclic) bond motifs is 3. The molecule has 148 valence electrons. The highest BCUT2D eigenvalue weighted by molar-refractivity contribution is 7.99. The van der Waals surface area contributed by atoms with E-state index < -0.39 is 0 Å². The predicted octanol–water partition coefficient (Wildman–Crippen LogP) is 3.91. The van der Waals surface area contributed by atoms with Gasteiger partial charge in [-0.3, -0.25) is 14.2 Å². The Bertz CT molecular complexity index is 935. The maximum Gasteiger partial charge on any atom is 0.262 e. The Morgan fingerprint density at radius 1 is 1.26 bits per heavy atom. The van der Waals surface area contributed by atoms with E-state index in [1.807, 2.05) is 13.8 Å². The molecule has 2 heterocycles. The molecule has 5 nitrogen and oxygen atoms in total.